The first-order valence-electron chi connectivity index (χ1n) is 4.20. The topological polar surface area (TPSA) is 37.4 Å². The molecule has 0 aliphatic rings. The monoisotopic (exact) mass is 213 g/mol. The highest BCUT2D eigenvalue weighted by Crippen LogP contribution is 2.20. The summed E-state index contributed by atoms with van der Waals surface area (Å²) in [6.45, 7) is 2.26. The van der Waals surface area contributed by atoms with E-state index in [0.29, 0.717) is 11.0 Å². The summed E-state index contributed by atoms with van der Waals surface area (Å²) in [6, 6.07) is 2.65. The normalized spacial score (nSPS) is 9.87. The first kappa shape index (κ1) is 11.3. The lowest BCUT2D eigenvalue weighted by atomic mass is 10.2. The van der Waals surface area contributed by atoms with Gasteiger partial charge in [-0.1, -0.05) is 0 Å². The second-order valence-electron chi connectivity index (χ2n) is 2.97. The van der Waals surface area contributed by atoms with Gasteiger partial charge >= 0.3 is 0 Å². The lowest BCUT2D eigenvalue weighted by Gasteiger charge is -2.17. The Bertz CT molecular complexity index is 404. The number of carbonyl (C=O) groups excluding carboxylic acids is 2. The molecule has 15 heavy (non-hydrogen) atoms. The summed E-state index contributed by atoms with van der Waals surface area (Å²) in [5, 5.41) is 0. The maximum absolute atomic E-state index is 13.2. The molecule has 0 unspecified atom stereocenters. The van der Waals surface area contributed by atoms with Crippen molar-refractivity contribution in [3.8, 4) is 0 Å². The predicted octanol–water partition coefficient (Wildman–Crippen LogP) is 1.86. The highest BCUT2D eigenvalue weighted by atomic mass is 19.1. The Hall–Kier alpha value is -1.78. The number of carbonyl (C=O) groups is 2. The summed E-state index contributed by atoms with van der Waals surface area (Å²) in [4.78, 5) is 22.8. The summed E-state index contributed by atoms with van der Waals surface area (Å²) in [5.74, 6) is -2.94. The zero-order chi connectivity index (χ0) is 11.6. The molecule has 3 nitrogen and oxygen atoms in total. The Balaban J connectivity index is 3.23. The molecule has 5 heteroatoms. The molecular weight excluding hydrogens is 204 g/mol. The number of amides is 2. The van der Waals surface area contributed by atoms with Crippen LogP contribution in [-0.2, 0) is 9.59 Å². The smallest absolute Gasteiger partial charge is 0.230 e. The molecule has 0 radical (unpaired) electrons. The number of imide groups is 1. The van der Waals surface area contributed by atoms with Gasteiger partial charge < -0.3 is 0 Å². The van der Waals surface area contributed by atoms with Gasteiger partial charge in [0.1, 0.15) is 11.6 Å². The van der Waals surface area contributed by atoms with E-state index in [2.05, 4.69) is 0 Å². The van der Waals surface area contributed by atoms with E-state index in [9.17, 15) is 18.4 Å². The number of rotatable bonds is 1. The third-order valence-electron chi connectivity index (χ3n) is 1.78. The molecule has 0 atom stereocenters. The highest BCUT2D eigenvalue weighted by molar-refractivity contribution is 6.13. The fraction of sp³-hybridized carbons (Fsp3) is 0.200. The Kier molecular flexibility index (Phi) is 3.14. The quantitative estimate of drug-likeness (QED) is 0.714. The van der Waals surface area contributed by atoms with E-state index in [1.165, 1.54) is 0 Å². The second kappa shape index (κ2) is 4.16. The maximum Gasteiger partial charge on any atom is 0.230 e. The number of hydrogen-bond donors (Lipinski definition) is 0. The van der Waals surface area contributed by atoms with Gasteiger partial charge in [0.25, 0.3) is 0 Å². The largest absolute Gasteiger partial charge is 0.274 e. The fourth-order valence-electron chi connectivity index (χ4n) is 1.22. The van der Waals surface area contributed by atoms with Gasteiger partial charge in [-0.05, 0) is 12.1 Å². The van der Waals surface area contributed by atoms with E-state index in [1.807, 2.05) is 0 Å². The van der Waals surface area contributed by atoms with Crippen LogP contribution in [0, 0.1) is 11.6 Å². The molecule has 0 aromatic heterocycles. The van der Waals surface area contributed by atoms with Crippen molar-refractivity contribution in [1.82, 2.24) is 0 Å². The third-order valence-corrected chi connectivity index (χ3v) is 1.78. The van der Waals surface area contributed by atoms with Crippen molar-refractivity contribution in [3.05, 3.63) is 29.8 Å². The van der Waals surface area contributed by atoms with Crippen LogP contribution < -0.4 is 4.90 Å². The molecular formula is C10H9F2NO2. The molecule has 0 aliphatic heterocycles. The van der Waals surface area contributed by atoms with Gasteiger partial charge in [0.15, 0.2) is 0 Å². The molecule has 0 aliphatic carbocycles. The van der Waals surface area contributed by atoms with E-state index >= 15 is 0 Å². The van der Waals surface area contributed by atoms with Crippen molar-refractivity contribution in [2.75, 3.05) is 4.90 Å². The van der Waals surface area contributed by atoms with Gasteiger partial charge in [-0.25, -0.2) is 13.7 Å². The van der Waals surface area contributed by atoms with E-state index in [4.69, 9.17) is 0 Å². The van der Waals surface area contributed by atoms with Crippen LogP contribution in [0.3, 0.4) is 0 Å². The van der Waals surface area contributed by atoms with Gasteiger partial charge in [-0.2, -0.15) is 0 Å². The zero-order valence-electron chi connectivity index (χ0n) is 8.25. The molecule has 0 heterocycles. The van der Waals surface area contributed by atoms with E-state index < -0.39 is 23.4 Å². The number of hydrogen-bond acceptors (Lipinski definition) is 2. The molecule has 1 aromatic rings. The van der Waals surface area contributed by atoms with Crippen molar-refractivity contribution >= 4 is 17.5 Å². The van der Waals surface area contributed by atoms with Crippen LogP contribution in [0.5, 0.6) is 0 Å². The van der Waals surface area contributed by atoms with Gasteiger partial charge in [0.2, 0.25) is 11.8 Å². The summed E-state index contributed by atoms with van der Waals surface area (Å²) in [5.41, 5.74) is -0.239. The van der Waals surface area contributed by atoms with E-state index in [0.717, 1.165) is 26.0 Å². The van der Waals surface area contributed by atoms with Gasteiger partial charge in [0, 0.05) is 19.9 Å². The first-order chi connectivity index (χ1) is 6.93. The van der Waals surface area contributed by atoms with Crippen molar-refractivity contribution in [1.29, 1.82) is 0 Å². The summed E-state index contributed by atoms with van der Waals surface area (Å²) in [7, 11) is 0. The molecule has 0 N–H and O–H groups in total. The number of nitrogens with zero attached hydrogens (tertiary/aromatic N) is 1. The van der Waals surface area contributed by atoms with Gasteiger partial charge in [-0.3, -0.25) is 9.59 Å². The molecule has 1 aromatic carbocycles. The van der Waals surface area contributed by atoms with Crippen LogP contribution in [0.4, 0.5) is 14.5 Å². The van der Waals surface area contributed by atoms with Gasteiger partial charge in [-0.15, -0.1) is 0 Å². The predicted molar refractivity (Wildman–Crippen MR) is 50.2 cm³/mol. The molecule has 2 amide bonds. The van der Waals surface area contributed by atoms with Crippen LogP contribution >= 0.6 is 0 Å². The van der Waals surface area contributed by atoms with Crippen LogP contribution in [-0.4, -0.2) is 11.8 Å². The van der Waals surface area contributed by atoms with E-state index in [1.54, 1.807) is 0 Å². The lowest BCUT2D eigenvalue weighted by Crippen LogP contribution is -2.33. The maximum atomic E-state index is 13.2. The molecule has 0 bridgehead atoms. The van der Waals surface area contributed by atoms with Crippen LogP contribution in [0.25, 0.3) is 0 Å². The standard InChI is InChI=1S/C10H9F2NO2/c1-6(14)13(7(2)15)10-4-3-8(11)5-9(10)12/h3-5H,1-2H3. The number of benzene rings is 1. The Morgan fingerprint density at radius 3 is 2.07 bits per heavy atom. The second-order valence-corrected chi connectivity index (χ2v) is 2.97. The van der Waals surface area contributed by atoms with Crippen molar-refractivity contribution in [3.63, 3.8) is 0 Å². The average Bonchev–Trinajstić information content (AvgIpc) is 2.08. The summed E-state index contributed by atoms with van der Waals surface area (Å²) < 4.78 is 25.8. The first-order valence-corrected chi connectivity index (χ1v) is 4.20. The van der Waals surface area contributed by atoms with Crippen LogP contribution in [0.1, 0.15) is 13.8 Å². The Morgan fingerprint density at radius 2 is 1.67 bits per heavy atom. The minimum Gasteiger partial charge on any atom is -0.274 e. The average molecular weight is 213 g/mol. The van der Waals surface area contributed by atoms with Crippen LogP contribution in [0.15, 0.2) is 18.2 Å². The van der Waals surface area contributed by atoms with E-state index in [-0.39, 0.29) is 5.69 Å². The third kappa shape index (κ3) is 2.37. The summed E-state index contributed by atoms with van der Waals surface area (Å²) >= 11 is 0. The molecule has 1 rings (SSSR count). The molecule has 0 saturated heterocycles. The Morgan fingerprint density at radius 1 is 1.13 bits per heavy atom. The molecule has 0 spiro atoms. The van der Waals surface area contributed by atoms with Crippen molar-refractivity contribution in [2.45, 2.75) is 13.8 Å². The van der Waals surface area contributed by atoms with Crippen molar-refractivity contribution in [2.24, 2.45) is 0 Å². The van der Waals surface area contributed by atoms with Crippen molar-refractivity contribution < 1.29 is 18.4 Å². The number of halogens is 2. The molecule has 0 saturated carbocycles. The van der Waals surface area contributed by atoms with Crippen LogP contribution in [0.2, 0.25) is 0 Å². The fourth-order valence-corrected chi connectivity index (χ4v) is 1.22. The zero-order valence-corrected chi connectivity index (χ0v) is 8.25. The summed E-state index contributed by atoms with van der Waals surface area (Å²) in [6.07, 6.45) is 0. The highest BCUT2D eigenvalue weighted by Gasteiger charge is 2.19. The minimum absolute atomic E-state index is 0.239. The molecule has 80 valence electrons. The van der Waals surface area contributed by atoms with Gasteiger partial charge in [0.05, 0.1) is 5.69 Å². The Labute approximate surface area is 85.3 Å². The lowest BCUT2D eigenvalue weighted by molar-refractivity contribution is -0.124. The number of anilines is 1. The minimum atomic E-state index is -0.944. The molecule has 0 fully saturated rings. The SMILES string of the molecule is CC(=O)N(C(C)=O)c1ccc(F)cc1F.